The summed E-state index contributed by atoms with van der Waals surface area (Å²) in [7, 11) is 0. The number of rotatable bonds is 64. The van der Waals surface area contributed by atoms with E-state index >= 15 is 0 Å². The molecule has 7 aromatic rings. The molecule has 2 N–H and O–H groups in total. The molecule has 2 aliphatic rings. The molecule has 0 radical (unpaired) electrons. The Labute approximate surface area is 674 Å². The van der Waals surface area contributed by atoms with Crippen LogP contribution < -0.4 is 0 Å². The molecular formula is C96H146N8O8. The monoisotopic (exact) mass is 1540 g/mol. The first kappa shape index (κ1) is 89.8. The van der Waals surface area contributed by atoms with E-state index in [1.807, 2.05) is 0 Å². The molecule has 0 amide bonds. The normalized spacial score (nSPS) is 12.1. The highest BCUT2D eigenvalue weighted by Gasteiger charge is 2.27. The molecule has 2 aliphatic heterocycles. The van der Waals surface area contributed by atoms with Gasteiger partial charge in [0.25, 0.3) is 0 Å². The molecule has 16 nitrogen and oxygen atoms in total. The van der Waals surface area contributed by atoms with Gasteiger partial charge in [-0.2, -0.15) is 0 Å². The second-order valence-electron chi connectivity index (χ2n) is 32.0. The van der Waals surface area contributed by atoms with E-state index in [0.29, 0.717) is 152 Å². The van der Waals surface area contributed by atoms with Gasteiger partial charge in [-0.25, -0.2) is 29.9 Å². The zero-order valence-corrected chi connectivity index (χ0v) is 71.2. The van der Waals surface area contributed by atoms with Crippen molar-refractivity contribution >= 4 is 44.1 Å². The van der Waals surface area contributed by atoms with E-state index < -0.39 is 0 Å². The third-order valence-corrected chi connectivity index (χ3v) is 22.3. The minimum atomic E-state index is 0.430. The maximum absolute atomic E-state index is 6.66. The van der Waals surface area contributed by atoms with Gasteiger partial charge in [-0.1, -0.05) is 261 Å². The molecule has 9 rings (SSSR count). The van der Waals surface area contributed by atoms with E-state index in [4.69, 9.17) is 67.8 Å². The Morgan fingerprint density at radius 1 is 0.188 bits per heavy atom. The predicted molar refractivity (Wildman–Crippen MR) is 463 cm³/mol. The number of fused-ring (bicyclic) bond motifs is 20. The summed E-state index contributed by atoms with van der Waals surface area (Å²) in [6.45, 7) is 27.0. The van der Waals surface area contributed by atoms with Gasteiger partial charge in [0, 0.05) is 96.7 Å². The van der Waals surface area contributed by atoms with Crippen LogP contribution in [0.15, 0.2) is 48.5 Å². The number of ether oxygens (including phenoxy) is 8. The van der Waals surface area contributed by atoms with Crippen LogP contribution >= 0.6 is 0 Å². The quantitative estimate of drug-likeness (QED) is 0.0343. The Bertz CT molecular complexity index is 3500. The number of hydrogen-bond acceptors (Lipinski definition) is 14. The van der Waals surface area contributed by atoms with E-state index in [9.17, 15) is 0 Å². The van der Waals surface area contributed by atoms with Crippen molar-refractivity contribution < 1.29 is 37.9 Å². The lowest BCUT2D eigenvalue weighted by molar-refractivity contribution is 0.103. The van der Waals surface area contributed by atoms with E-state index in [-0.39, 0.29) is 0 Å². The molecule has 0 saturated carbocycles. The first-order chi connectivity index (χ1) is 55.3. The lowest BCUT2D eigenvalue weighted by Gasteiger charge is -2.14. The molecule has 112 heavy (non-hydrogen) atoms. The topological polar surface area (TPSA) is 183 Å². The van der Waals surface area contributed by atoms with Crippen molar-refractivity contribution in [3.05, 3.63) is 93.0 Å². The van der Waals surface area contributed by atoms with Crippen LogP contribution in [0.5, 0.6) is 0 Å². The van der Waals surface area contributed by atoms with E-state index in [1.54, 1.807) is 0 Å². The Hall–Kier alpha value is -6.08. The average molecular weight is 1540 g/mol. The number of hydrogen-bond donors (Lipinski definition) is 2. The predicted octanol–water partition coefficient (Wildman–Crippen LogP) is 26.8. The highest BCUT2D eigenvalue weighted by molar-refractivity contribution is 6.07. The molecule has 0 fully saturated rings. The van der Waals surface area contributed by atoms with Crippen LogP contribution in [-0.2, 0) is 90.7 Å². The molecule has 618 valence electrons. The number of nitrogens with zero attached hydrogens (tertiary/aromatic N) is 6. The van der Waals surface area contributed by atoms with Gasteiger partial charge in [-0.3, -0.25) is 0 Å². The molecule has 0 unspecified atom stereocenters. The molecule has 5 heterocycles. The fourth-order valence-corrected chi connectivity index (χ4v) is 15.3. The second kappa shape index (κ2) is 53.2. The maximum Gasteiger partial charge on any atom is 0.164 e. The molecule has 8 bridgehead atoms. The van der Waals surface area contributed by atoms with Gasteiger partial charge in [0.05, 0.1) is 52.9 Å². The van der Waals surface area contributed by atoms with Crippen LogP contribution in [0.2, 0.25) is 0 Å². The zero-order valence-electron chi connectivity index (χ0n) is 71.2. The molecule has 0 spiro atoms. The summed E-state index contributed by atoms with van der Waals surface area (Å²) in [6.07, 6.45) is 46.5. The van der Waals surface area contributed by atoms with E-state index in [1.165, 1.54) is 154 Å². The standard InChI is InChI=1S/C96H146N8O8/c1-9-17-25-33-41-49-105-65-73-57-81-82(58-74(73)66-106-50-42-34-26-18-10-2)90-97-89(81)101-91-83-59-75(67-107-51-43-35-27-19-11-3)76(68-108-52-44-36-28-20-12-4)60-84(83)93(98-91)103-95-87-63-79(71-111-55-47-39-31-23-15-7)80(72-112-56-48-40-32-24-16-8)64-88(87)96(100-95)104-94-86-62-78(70-110-54-46-38-30-22-14-6)77(61-85(86)92(99-94)102-90)69-109-53-45-37-29-21-13-5/h57-64H,9-56,65-72H2,1-8H3,(H2,97,98,99,100,101,102,103,104). The number of aromatic nitrogens is 8. The SMILES string of the molecule is CCCCCCCOCc1cc2c(cc1COCCCCCCC)-c1nc-2nc2[nH]c(nc3nc(nc4[nH]c(n1)c1cc(COCCCCCCC)c(COCCCCCCC)cc41)-c1cc(COCCCCCCC)c(COCCCCCCC)cc1-3)c1cc(COCCCCCCC)c(COCCCCCCC)cc21. The lowest BCUT2D eigenvalue weighted by atomic mass is 9.99. The van der Waals surface area contributed by atoms with Gasteiger partial charge in [0.2, 0.25) is 0 Å². The van der Waals surface area contributed by atoms with Crippen molar-refractivity contribution in [1.82, 2.24) is 39.9 Å². The molecule has 16 heteroatoms. The second-order valence-corrected chi connectivity index (χ2v) is 32.0. The third kappa shape index (κ3) is 29.3. The van der Waals surface area contributed by atoms with Crippen molar-refractivity contribution in [3.8, 4) is 45.6 Å². The fraction of sp³-hybridized carbons (Fsp3) is 0.667. The van der Waals surface area contributed by atoms with Gasteiger partial charge >= 0.3 is 0 Å². The van der Waals surface area contributed by atoms with Crippen LogP contribution in [0.3, 0.4) is 0 Å². The van der Waals surface area contributed by atoms with Gasteiger partial charge in [0.15, 0.2) is 23.3 Å². The molecule has 3 aromatic heterocycles. The first-order valence-electron chi connectivity index (χ1n) is 45.4. The van der Waals surface area contributed by atoms with Crippen LogP contribution in [0, 0.1) is 0 Å². The number of benzene rings is 4. The van der Waals surface area contributed by atoms with Crippen molar-refractivity contribution in [3.63, 3.8) is 0 Å². The molecule has 0 aliphatic carbocycles. The molecule has 0 saturated heterocycles. The smallest absolute Gasteiger partial charge is 0.164 e. The van der Waals surface area contributed by atoms with Crippen LogP contribution in [-0.4, -0.2) is 92.7 Å². The summed E-state index contributed by atoms with van der Waals surface area (Å²) in [5.41, 5.74) is 14.4. The van der Waals surface area contributed by atoms with Gasteiger partial charge in [0.1, 0.15) is 22.6 Å². The third-order valence-electron chi connectivity index (χ3n) is 22.3. The maximum atomic E-state index is 6.66. The van der Waals surface area contributed by atoms with Crippen molar-refractivity contribution in [2.45, 2.75) is 365 Å². The summed E-state index contributed by atoms with van der Waals surface area (Å²) in [4.78, 5) is 41.9. The fourth-order valence-electron chi connectivity index (χ4n) is 15.3. The van der Waals surface area contributed by atoms with Crippen LogP contribution in [0.1, 0.15) is 357 Å². The van der Waals surface area contributed by atoms with Crippen molar-refractivity contribution in [2.75, 3.05) is 52.9 Å². The Morgan fingerprint density at radius 3 is 0.500 bits per heavy atom. The van der Waals surface area contributed by atoms with Crippen LogP contribution in [0.4, 0.5) is 0 Å². The summed E-state index contributed by atoms with van der Waals surface area (Å²) >= 11 is 0. The number of H-pyrrole nitrogens is 2. The summed E-state index contributed by atoms with van der Waals surface area (Å²) in [5.74, 6) is 2.14. The van der Waals surface area contributed by atoms with E-state index in [0.717, 1.165) is 191 Å². The average Bonchev–Trinajstić information content (AvgIpc) is 1.59. The van der Waals surface area contributed by atoms with Gasteiger partial charge in [-0.15, -0.1) is 0 Å². The zero-order chi connectivity index (χ0) is 78.4. The minimum Gasteiger partial charge on any atom is -0.377 e. The number of unbranched alkanes of at least 4 members (excludes halogenated alkanes) is 32. The summed E-state index contributed by atoms with van der Waals surface area (Å²) in [6, 6.07) is 18.1. The highest BCUT2D eigenvalue weighted by Crippen LogP contribution is 2.41. The number of nitrogens with one attached hydrogen (secondary N) is 2. The minimum absolute atomic E-state index is 0.430. The summed E-state index contributed by atoms with van der Waals surface area (Å²) in [5, 5.41) is 3.58. The lowest BCUT2D eigenvalue weighted by Crippen LogP contribution is -2.04. The largest absolute Gasteiger partial charge is 0.377 e. The van der Waals surface area contributed by atoms with Gasteiger partial charge in [-0.05, 0) is 144 Å². The molecular weight excluding hydrogens is 1390 g/mol. The van der Waals surface area contributed by atoms with Crippen LogP contribution in [0.25, 0.3) is 89.7 Å². The molecule has 0 atom stereocenters. The summed E-state index contributed by atoms with van der Waals surface area (Å²) < 4.78 is 53.3. The number of aromatic amines is 2. The first-order valence-corrected chi connectivity index (χ1v) is 45.4. The van der Waals surface area contributed by atoms with E-state index in [2.05, 4.69) is 114 Å². The highest BCUT2D eigenvalue weighted by atomic mass is 16.5. The molecule has 4 aromatic carbocycles. The Kier molecular flexibility index (Phi) is 42.7. The van der Waals surface area contributed by atoms with Crippen molar-refractivity contribution in [2.24, 2.45) is 0 Å². The Morgan fingerprint density at radius 2 is 0.339 bits per heavy atom. The van der Waals surface area contributed by atoms with Gasteiger partial charge < -0.3 is 47.9 Å². The Balaban J connectivity index is 1.32. The van der Waals surface area contributed by atoms with Crippen molar-refractivity contribution in [1.29, 1.82) is 0 Å².